The Kier molecular flexibility index (Phi) is 6.76. The molecule has 0 saturated carbocycles. The number of nitrogens with one attached hydrogen (secondary N) is 1. The van der Waals surface area contributed by atoms with Crippen LogP contribution in [0.5, 0.6) is 11.5 Å². The lowest BCUT2D eigenvalue weighted by Gasteiger charge is -2.15. The minimum atomic E-state index is 0.161. The van der Waals surface area contributed by atoms with Crippen molar-refractivity contribution in [3.8, 4) is 11.5 Å². The zero-order valence-corrected chi connectivity index (χ0v) is 14.0. The largest absolute Gasteiger partial charge is 0.491 e. The molecule has 0 saturated heterocycles. The summed E-state index contributed by atoms with van der Waals surface area (Å²) in [5.41, 5.74) is 2.14. The van der Waals surface area contributed by atoms with E-state index >= 15 is 0 Å². The van der Waals surface area contributed by atoms with E-state index in [0.29, 0.717) is 19.8 Å². The molecule has 2 aromatic carbocycles. The number of ether oxygens (including phenoxy) is 3. The molecule has 0 aliphatic carbocycles. The van der Waals surface area contributed by atoms with Gasteiger partial charge >= 0.3 is 0 Å². The van der Waals surface area contributed by atoms with Gasteiger partial charge in [0.2, 0.25) is 0 Å². The van der Waals surface area contributed by atoms with E-state index in [2.05, 4.69) is 11.4 Å². The van der Waals surface area contributed by atoms with Gasteiger partial charge in [-0.1, -0.05) is 24.3 Å². The van der Waals surface area contributed by atoms with Gasteiger partial charge in [-0.25, -0.2) is 0 Å². The quantitative estimate of drug-likeness (QED) is 0.707. The van der Waals surface area contributed by atoms with Gasteiger partial charge < -0.3 is 19.5 Å². The Bertz CT molecular complexity index is 599. The maximum absolute atomic E-state index is 5.84. The first-order valence-corrected chi connectivity index (χ1v) is 7.89. The van der Waals surface area contributed by atoms with Gasteiger partial charge in [0, 0.05) is 31.0 Å². The third-order valence-corrected chi connectivity index (χ3v) is 3.21. The molecule has 0 fully saturated rings. The third-order valence-electron chi connectivity index (χ3n) is 3.21. The molecular weight excluding hydrogens is 290 g/mol. The summed E-state index contributed by atoms with van der Waals surface area (Å²) in [7, 11) is 1.66. The lowest BCUT2D eigenvalue weighted by Crippen LogP contribution is -2.09. The van der Waals surface area contributed by atoms with Gasteiger partial charge in [-0.05, 0) is 32.0 Å². The zero-order chi connectivity index (χ0) is 16.5. The molecule has 2 aromatic rings. The smallest absolute Gasteiger partial charge is 0.124 e. The lowest BCUT2D eigenvalue weighted by atomic mass is 10.2. The molecule has 0 aromatic heterocycles. The van der Waals surface area contributed by atoms with E-state index in [1.807, 2.05) is 56.3 Å². The van der Waals surface area contributed by atoms with Crippen LogP contribution in [0.15, 0.2) is 48.5 Å². The van der Waals surface area contributed by atoms with Crippen LogP contribution in [0.2, 0.25) is 0 Å². The van der Waals surface area contributed by atoms with Crippen LogP contribution >= 0.6 is 0 Å². The van der Waals surface area contributed by atoms with Gasteiger partial charge in [-0.2, -0.15) is 0 Å². The Morgan fingerprint density at radius 2 is 1.83 bits per heavy atom. The standard InChI is InChI=1S/C19H25NO3/c1-15(2)23-19-10-5-4-7-16(19)14-20-17-8-6-9-18(13-17)22-12-11-21-3/h4-10,13,15,20H,11-12,14H2,1-3H3. The van der Waals surface area contributed by atoms with Crippen molar-refractivity contribution in [3.63, 3.8) is 0 Å². The molecule has 0 bridgehead atoms. The third kappa shape index (κ3) is 5.83. The molecule has 0 radical (unpaired) electrons. The van der Waals surface area contributed by atoms with E-state index in [1.165, 1.54) is 0 Å². The first-order chi connectivity index (χ1) is 11.2. The fourth-order valence-electron chi connectivity index (χ4n) is 2.15. The number of anilines is 1. The van der Waals surface area contributed by atoms with Gasteiger partial charge in [0.1, 0.15) is 18.1 Å². The summed E-state index contributed by atoms with van der Waals surface area (Å²) >= 11 is 0. The normalized spacial score (nSPS) is 10.6. The molecule has 0 unspecified atom stereocenters. The van der Waals surface area contributed by atoms with Gasteiger partial charge in [0.25, 0.3) is 0 Å². The first kappa shape index (κ1) is 17.2. The van der Waals surface area contributed by atoms with Gasteiger partial charge in [-0.3, -0.25) is 0 Å². The molecule has 124 valence electrons. The van der Waals surface area contributed by atoms with E-state index in [0.717, 1.165) is 22.7 Å². The topological polar surface area (TPSA) is 39.7 Å². The predicted molar refractivity (Wildman–Crippen MR) is 93.3 cm³/mol. The Hall–Kier alpha value is -2.20. The highest BCUT2D eigenvalue weighted by atomic mass is 16.5. The van der Waals surface area contributed by atoms with Crippen molar-refractivity contribution in [2.24, 2.45) is 0 Å². The fraction of sp³-hybridized carbons (Fsp3) is 0.368. The van der Waals surface area contributed by atoms with Crippen LogP contribution in [0, 0.1) is 0 Å². The average molecular weight is 315 g/mol. The Morgan fingerprint density at radius 1 is 1.00 bits per heavy atom. The molecule has 0 aliphatic heterocycles. The van der Waals surface area contributed by atoms with Crippen LogP contribution in [0.1, 0.15) is 19.4 Å². The SMILES string of the molecule is COCCOc1cccc(NCc2ccccc2OC(C)C)c1. The molecule has 4 nitrogen and oxygen atoms in total. The van der Waals surface area contributed by atoms with Crippen LogP contribution in [0.25, 0.3) is 0 Å². The van der Waals surface area contributed by atoms with E-state index in [9.17, 15) is 0 Å². The summed E-state index contributed by atoms with van der Waals surface area (Å²) in [4.78, 5) is 0. The van der Waals surface area contributed by atoms with Crippen LogP contribution in [-0.2, 0) is 11.3 Å². The van der Waals surface area contributed by atoms with E-state index in [4.69, 9.17) is 14.2 Å². The molecule has 1 N–H and O–H groups in total. The highest BCUT2D eigenvalue weighted by Crippen LogP contribution is 2.22. The van der Waals surface area contributed by atoms with Crippen molar-refractivity contribution in [3.05, 3.63) is 54.1 Å². The van der Waals surface area contributed by atoms with Crippen LogP contribution < -0.4 is 14.8 Å². The number of benzene rings is 2. The van der Waals surface area contributed by atoms with E-state index in [-0.39, 0.29) is 6.10 Å². The highest BCUT2D eigenvalue weighted by Gasteiger charge is 2.05. The van der Waals surface area contributed by atoms with Crippen LogP contribution in [0.3, 0.4) is 0 Å². The second kappa shape index (κ2) is 9.06. The number of hydrogen-bond donors (Lipinski definition) is 1. The Labute approximate surface area is 138 Å². The van der Waals surface area contributed by atoms with E-state index in [1.54, 1.807) is 7.11 Å². The molecule has 2 rings (SSSR count). The molecule has 0 heterocycles. The maximum Gasteiger partial charge on any atom is 0.124 e. The molecule has 0 amide bonds. The molecular formula is C19H25NO3. The van der Waals surface area contributed by atoms with Crippen molar-refractivity contribution in [2.45, 2.75) is 26.5 Å². The maximum atomic E-state index is 5.84. The average Bonchev–Trinajstić information content (AvgIpc) is 2.54. The molecule has 0 spiro atoms. The summed E-state index contributed by atoms with van der Waals surface area (Å²) in [6.45, 7) is 5.89. The molecule has 0 aliphatic rings. The second-order valence-electron chi connectivity index (χ2n) is 5.50. The van der Waals surface area contributed by atoms with Crippen molar-refractivity contribution in [1.29, 1.82) is 0 Å². The highest BCUT2D eigenvalue weighted by molar-refractivity contribution is 5.49. The fourth-order valence-corrected chi connectivity index (χ4v) is 2.15. The summed E-state index contributed by atoms with van der Waals surface area (Å²) in [6, 6.07) is 16.0. The number of methoxy groups -OCH3 is 1. The van der Waals surface area contributed by atoms with Gasteiger partial charge in [0.05, 0.1) is 12.7 Å². The minimum absolute atomic E-state index is 0.161. The van der Waals surface area contributed by atoms with Crippen LogP contribution in [0.4, 0.5) is 5.69 Å². The zero-order valence-electron chi connectivity index (χ0n) is 14.0. The van der Waals surface area contributed by atoms with Crippen molar-refractivity contribution >= 4 is 5.69 Å². The first-order valence-electron chi connectivity index (χ1n) is 7.89. The van der Waals surface area contributed by atoms with Crippen LogP contribution in [-0.4, -0.2) is 26.4 Å². The lowest BCUT2D eigenvalue weighted by molar-refractivity contribution is 0.146. The van der Waals surface area contributed by atoms with E-state index < -0.39 is 0 Å². The Morgan fingerprint density at radius 3 is 2.61 bits per heavy atom. The monoisotopic (exact) mass is 315 g/mol. The number of hydrogen-bond acceptors (Lipinski definition) is 4. The predicted octanol–water partition coefficient (Wildman–Crippen LogP) is 4.11. The Balaban J connectivity index is 1.97. The second-order valence-corrected chi connectivity index (χ2v) is 5.50. The molecule has 0 atom stereocenters. The van der Waals surface area contributed by atoms with Gasteiger partial charge in [-0.15, -0.1) is 0 Å². The molecule has 23 heavy (non-hydrogen) atoms. The summed E-state index contributed by atoms with van der Waals surface area (Å²) in [5.74, 6) is 1.75. The summed E-state index contributed by atoms with van der Waals surface area (Å²) < 4.78 is 16.5. The number of rotatable bonds is 9. The number of para-hydroxylation sites is 1. The van der Waals surface area contributed by atoms with Crippen molar-refractivity contribution in [2.75, 3.05) is 25.6 Å². The molecule has 4 heteroatoms. The van der Waals surface area contributed by atoms with Crippen molar-refractivity contribution in [1.82, 2.24) is 0 Å². The van der Waals surface area contributed by atoms with Gasteiger partial charge in [0.15, 0.2) is 0 Å². The minimum Gasteiger partial charge on any atom is -0.491 e. The summed E-state index contributed by atoms with van der Waals surface area (Å²) in [6.07, 6.45) is 0.161. The van der Waals surface area contributed by atoms with Crippen molar-refractivity contribution < 1.29 is 14.2 Å². The summed E-state index contributed by atoms with van der Waals surface area (Å²) in [5, 5.41) is 3.41.